The molecule has 1 aromatic carbocycles. The molecule has 17 nitrogen and oxygen atoms in total. The summed E-state index contributed by atoms with van der Waals surface area (Å²) in [7, 11) is 2.86. The molecule has 63 heavy (non-hydrogen) atoms. The van der Waals surface area contributed by atoms with E-state index in [1.807, 2.05) is 26.8 Å². The summed E-state index contributed by atoms with van der Waals surface area (Å²) in [6, 6.07) is 4.58. The van der Waals surface area contributed by atoms with Gasteiger partial charge in [0.2, 0.25) is 23.6 Å². The molecule has 1 aromatic rings. The average Bonchev–Trinajstić information content (AvgIpc) is 3.21. The molecule has 1 heterocycles. The Balaban J connectivity index is 2.48. The van der Waals surface area contributed by atoms with Gasteiger partial charge in [-0.05, 0) is 90.5 Å². The Morgan fingerprint density at radius 3 is 2.22 bits per heavy atom. The van der Waals surface area contributed by atoms with E-state index in [9.17, 15) is 38.4 Å². The fourth-order valence-corrected chi connectivity index (χ4v) is 6.63. The Labute approximate surface area is 373 Å². The van der Waals surface area contributed by atoms with E-state index in [2.05, 4.69) is 21.3 Å². The summed E-state index contributed by atoms with van der Waals surface area (Å²) in [4.78, 5) is 111. The topological polar surface area (TPSA) is 219 Å². The van der Waals surface area contributed by atoms with Crippen LogP contribution in [0.5, 0.6) is 0 Å². The Bertz CT molecular complexity index is 1740. The number of ether oxygens (including phenoxy) is 3. The molecule has 0 aliphatic carbocycles. The molecule has 4 N–H and O–H groups in total. The van der Waals surface area contributed by atoms with Crippen molar-refractivity contribution in [2.24, 2.45) is 11.8 Å². The zero-order valence-corrected chi connectivity index (χ0v) is 39.2. The summed E-state index contributed by atoms with van der Waals surface area (Å²) < 4.78 is 16.5. The highest BCUT2D eigenvalue weighted by Gasteiger charge is 2.36. The average molecular weight is 885 g/mol. The quantitative estimate of drug-likeness (QED) is 0.142. The number of nitrogens with one attached hydrogen (secondary N) is 4. The van der Waals surface area contributed by atoms with Gasteiger partial charge >= 0.3 is 18.0 Å². The molecule has 0 aromatic heterocycles. The second-order valence-electron chi connectivity index (χ2n) is 17.7. The van der Waals surface area contributed by atoms with Crippen LogP contribution in [0.25, 0.3) is 0 Å². The third-order valence-electron chi connectivity index (χ3n) is 10.5. The van der Waals surface area contributed by atoms with Crippen LogP contribution in [0.4, 0.5) is 4.79 Å². The zero-order chi connectivity index (χ0) is 47.4. The van der Waals surface area contributed by atoms with Gasteiger partial charge < -0.3 is 45.3 Å². The van der Waals surface area contributed by atoms with Crippen molar-refractivity contribution in [3.8, 4) is 0 Å². The number of cyclic esters (lactones) is 2. The third-order valence-corrected chi connectivity index (χ3v) is 10.5. The van der Waals surface area contributed by atoms with Crippen molar-refractivity contribution >= 4 is 47.6 Å². The van der Waals surface area contributed by atoms with E-state index in [1.165, 1.54) is 30.8 Å². The van der Waals surface area contributed by atoms with Gasteiger partial charge in [0.05, 0.1) is 13.2 Å². The fraction of sp³-hybridized carbons (Fsp3) is 0.652. The second-order valence-corrected chi connectivity index (χ2v) is 17.7. The van der Waals surface area contributed by atoms with Gasteiger partial charge in [0.1, 0.15) is 29.8 Å². The van der Waals surface area contributed by atoms with Crippen LogP contribution in [0.1, 0.15) is 113 Å². The second kappa shape index (κ2) is 26.2. The van der Waals surface area contributed by atoms with Crippen molar-refractivity contribution in [1.29, 1.82) is 0 Å². The SMILES string of the molecule is CCC(C)C1NC(=O)CN(C)C(=O)[C@@H](Cc2ccccc2)N(C)C(=O)[C@H](C)NC(=O)[C@@H](CC(C)C)OC(=O)/C(C)=C/CCCOC(=O)[C@H](CCCCNC(=O)OC(C)(C)C)NC1=O. The maximum atomic E-state index is 14.2. The number of unbranched alkanes of at least 4 members (excludes halogenated alkanes) is 1. The van der Waals surface area contributed by atoms with Crippen LogP contribution in [-0.4, -0.2) is 127 Å². The molecule has 0 radical (unpaired) electrons. The number of benzene rings is 1. The van der Waals surface area contributed by atoms with Crippen molar-refractivity contribution in [2.75, 3.05) is 33.8 Å². The summed E-state index contributed by atoms with van der Waals surface area (Å²) >= 11 is 0. The fourth-order valence-electron chi connectivity index (χ4n) is 6.63. The highest BCUT2D eigenvalue weighted by Crippen LogP contribution is 2.17. The molecule has 2 unspecified atom stereocenters. The molecular formula is C46H72N6O11. The van der Waals surface area contributed by atoms with Crippen molar-refractivity contribution in [3.05, 3.63) is 47.5 Å². The van der Waals surface area contributed by atoms with Gasteiger partial charge in [-0.25, -0.2) is 14.4 Å². The Morgan fingerprint density at radius 1 is 0.937 bits per heavy atom. The molecule has 0 saturated carbocycles. The first-order chi connectivity index (χ1) is 29.5. The van der Waals surface area contributed by atoms with Crippen LogP contribution in [0.15, 0.2) is 42.0 Å². The van der Waals surface area contributed by atoms with Crippen LogP contribution in [0.3, 0.4) is 0 Å². The Hall–Kier alpha value is -5.48. The minimum Gasteiger partial charge on any atom is -0.464 e. The summed E-state index contributed by atoms with van der Waals surface area (Å²) in [6.45, 7) is 15.4. The molecule has 1 aliphatic heterocycles. The molecule has 352 valence electrons. The number of carbonyl (C=O) groups excluding carboxylic acids is 8. The number of carbonyl (C=O) groups is 8. The van der Waals surface area contributed by atoms with E-state index >= 15 is 0 Å². The first-order valence-electron chi connectivity index (χ1n) is 22.0. The molecule has 0 saturated heterocycles. The van der Waals surface area contributed by atoms with Gasteiger partial charge in [0.25, 0.3) is 5.91 Å². The van der Waals surface area contributed by atoms with E-state index < -0.39 is 90.0 Å². The molecule has 17 heteroatoms. The van der Waals surface area contributed by atoms with Crippen LogP contribution < -0.4 is 21.3 Å². The lowest BCUT2D eigenvalue weighted by Crippen LogP contribution is -2.57. The molecule has 6 amide bonds. The standard InChI is InChI=1S/C46H72N6O11/c1-12-30(4)38-40(55)49-34(23-16-18-24-47-45(60)63-46(7,8)9)44(59)61-25-19-17-20-31(5)43(58)62-36(26-29(2)3)39(54)48-32(6)41(56)52(11)35(27-33-21-14-13-15-22-33)42(57)51(10)28-37(53)50-38/h13-15,20-22,29-30,32,34-36,38H,12,16-19,23-28H2,1-11H3,(H,47,60)(H,48,54)(H,49,55)(H,50,53)/b31-20+/t30?,32-,34-,35+,36+,38?/m0/s1. The van der Waals surface area contributed by atoms with E-state index in [-0.39, 0.29) is 49.8 Å². The molecule has 2 rings (SSSR count). The minimum absolute atomic E-state index is 0.0415. The van der Waals surface area contributed by atoms with Gasteiger partial charge in [-0.3, -0.25) is 24.0 Å². The van der Waals surface area contributed by atoms with Gasteiger partial charge in [-0.15, -0.1) is 0 Å². The van der Waals surface area contributed by atoms with Crippen LogP contribution in [-0.2, 0) is 54.2 Å². The summed E-state index contributed by atoms with van der Waals surface area (Å²) in [5, 5.41) is 10.9. The van der Waals surface area contributed by atoms with E-state index in [1.54, 1.807) is 65.0 Å². The number of hydrogen-bond acceptors (Lipinski definition) is 11. The summed E-state index contributed by atoms with van der Waals surface area (Å²) in [5.41, 5.74) is 0.296. The lowest BCUT2D eigenvalue weighted by atomic mass is 9.97. The Morgan fingerprint density at radius 2 is 1.60 bits per heavy atom. The van der Waals surface area contributed by atoms with Gasteiger partial charge in [-0.1, -0.05) is 70.5 Å². The number of allylic oxidation sites excluding steroid dienone is 1. The smallest absolute Gasteiger partial charge is 0.407 e. The normalized spacial score (nSPS) is 23.8. The molecule has 1 aliphatic rings. The van der Waals surface area contributed by atoms with Gasteiger partial charge in [0.15, 0.2) is 6.10 Å². The monoisotopic (exact) mass is 885 g/mol. The number of alkyl carbamates (subject to hydrolysis) is 1. The summed E-state index contributed by atoms with van der Waals surface area (Å²) in [6.07, 6.45) is 2.21. The highest BCUT2D eigenvalue weighted by molar-refractivity contribution is 5.96. The van der Waals surface area contributed by atoms with Crippen molar-refractivity contribution in [3.63, 3.8) is 0 Å². The first kappa shape index (κ1) is 53.7. The lowest BCUT2D eigenvalue weighted by molar-refractivity contribution is -0.154. The summed E-state index contributed by atoms with van der Waals surface area (Å²) in [5.74, 6) is -4.98. The van der Waals surface area contributed by atoms with Gasteiger partial charge in [-0.2, -0.15) is 0 Å². The maximum absolute atomic E-state index is 14.2. The minimum atomic E-state index is -1.22. The van der Waals surface area contributed by atoms with Crippen LogP contribution in [0.2, 0.25) is 0 Å². The predicted molar refractivity (Wildman–Crippen MR) is 237 cm³/mol. The number of rotatable bonds is 11. The highest BCUT2D eigenvalue weighted by atomic mass is 16.6. The van der Waals surface area contributed by atoms with Crippen LogP contribution >= 0.6 is 0 Å². The molecular weight excluding hydrogens is 813 g/mol. The number of amides is 6. The third kappa shape index (κ3) is 19.2. The van der Waals surface area contributed by atoms with E-state index in [0.717, 1.165) is 5.56 Å². The molecule has 0 fully saturated rings. The van der Waals surface area contributed by atoms with Crippen LogP contribution in [0, 0.1) is 11.8 Å². The number of nitrogens with zero attached hydrogens (tertiary/aromatic N) is 2. The predicted octanol–water partition coefficient (Wildman–Crippen LogP) is 3.97. The number of esters is 2. The van der Waals surface area contributed by atoms with Crippen molar-refractivity contribution < 1.29 is 52.6 Å². The molecule has 0 bridgehead atoms. The number of hydrogen-bond donors (Lipinski definition) is 4. The van der Waals surface area contributed by atoms with Crippen molar-refractivity contribution in [1.82, 2.24) is 31.1 Å². The molecule has 0 spiro atoms. The first-order valence-corrected chi connectivity index (χ1v) is 22.0. The zero-order valence-electron chi connectivity index (χ0n) is 39.2. The van der Waals surface area contributed by atoms with Gasteiger partial charge in [0, 0.05) is 32.6 Å². The van der Waals surface area contributed by atoms with Crippen molar-refractivity contribution in [2.45, 2.75) is 150 Å². The van der Waals surface area contributed by atoms with E-state index in [4.69, 9.17) is 14.2 Å². The number of likely N-dealkylation sites (N-methyl/N-ethyl adjacent to an activating group) is 2. The van der Waals surface area contributed by atoms with E-state index in [0.29, 0.717) is 32.1 Å². The Kier molecular flexibility index (Phi) is 22.3. The maximum Gasteiger partial charge on any atom is 0.407 e. The largest absolute Gasteiger partial charge is 0.464 e. The lowest BCUT2D eigenvalue weighted by Gasteiger charge is -2.33. The molecule has 6 atom stereocenters.